The first-order valence-corrected chi connectivity index (χ1v) is 8.68. The number of amidine groups is 1. The number of carbonyl (C=O) groups is 1. The summed E-state index contributed by atoms with van der Waals surface area (Å²) in [6, 6.07) is -0.150. The molecule has 0 aromatic rings. The van der Waals surface area contributed by atoms with Crippen molar-refractivity contribution in [3.63, 3.8) is 0 Å². The van der Waals surface area contributed by atoms with Gasteiger partial charge < -0.3 is 10.6 Å². The number of carbonyl (C=O) groups excluding carboxylic acids is 1. The molecule has 0 radical (unpaired) electrons. The lowest BCUT2D eigenvalue weighted by Gasteiger charge is -2.36. The number of thioether (sulfide) groups is 1. The maximum Gasteiger partial charge on any atom is 0.244 e. The molecule has 2 N–H and O–H groups in total. The summed E-state index contributed by atoms with van der Waals surface area (Å²) in [7, 11) is 0. The van der Waals surface area contributed by atoms with Gasteiger partial charge in [-0.05, 0) is 39.5 Å². The number of hydrogen-bond acceptors (Lipinski definition) is 3. The molecule has 2 fully saturated rings. The molecule has 2 rings (SSSR count). The predicted molar refractivity (Wildman–Crippen MR) is 86.1 cm³/mol. The van der Waals surface area contributed by atoms with Gasteiger partial charge in [0.15, 0.2) is 5.17 Å². The fraction of sp³-hybridized carbons (Fsp3) is 0.867. The second-order valence-corrected chi connectivity index (χ2v) is 7.63. The molecule has 20 heavy (non-hydrogen) atoms. The highest BCUT2D eigenvalue weighted by atomic mass is 32.2. The SMILES string of the molecule is CC1CCCC2(CSC(=NC(C)C(=O)NC(C)C)N2)C1. The Balaban J connectivity index is 1.94. The highest BCUT2D eigenvalue weighted by Gasteiger charge is 2.40. The van der Waals surface area contributed by atoms with E-state index in [0.29, 0.717) is 0 Å². The van der Waals surface area contributed by atoms with Crippen LogP contribution in [-0.2, 0) is 4.79 Å². The number of aliphatic imine (C=N–C) groups is 1. The third-order valence-corrected chi connectivity index (χ3v) is 5.25. The zero-order chi connectivity index (χ0) is 14.8. The largest absolute Gasteiger partial charge is 0.359 e. The summed E-state index contributed by atoms with van der Waals surface area (Å²) in [6.07, 6.45) is 5.10. The summed E-state index contributed by atoms with van der Waals surface area (Å²) in [5.41, 5.74) is 0.232. The van der Waals surface area contributed by atoms with Crippen LogP contribution in [0.1, 0.15) is 53.4 Å². The third-order valence-electron chi connectivity index (χ3n) is 4.07. The third kappa shape index (κ3) is 3.90. The Labute approximate surface area is 126 Å². The van der Waals surface area contributed by atoms with Crippen molar-refractivity contribution in [2.45, 2.75) is 71.0 Å². The molecule has 1 heterocycles. The molecule has 4 nitrogen and oxygen atoms in total. The molecule has 114 valence electrons. The lowest BCUT2D eigenvalue weighted by molar-refractivity contribution is -0.122. The Bertz CT molecular complexity index is 397. The van der Waals surface area contributed by atoms with Crippen molar-refractivity contribution in [1.29, 1.82) is 0 Å². The molecule has 1 amide bonds. The van der Waals surface area contributed by atoms with Gasteiger partial charge in [-0.15, -0.1) is 0 Å². The molecule has 2 aliphatic rings. The zero-order valence-corrected chi connectivity index (χ0v) is 13.8. The second kappa shape index (κ2) is 6.37. The van der Waals surface area contributed by atoms with Crippen molar-refractivity contribution in [2.75, 3.05) is 5.75 Å². The molecular weight excluding hydrogens is 270 g/mol. The van der Waals surface area contributed by atoms with Crippen molar-refractivity contribution in [2.24, 2.45) is 10.9 Å². The molecule has 0 bridgehead atoms. The Morgan fingerprint density at radius 3 is 2.90 bits per heavy atom. The smallest absolute Gasteiger partial charge is 0.244 e. The van der Waals surface area contributed by atoms with Gasteiger partial charge in [0, 0.05) is 17.3 Å². The average molecular weight is 297 g/mol. The van der Waals surface area contributed by atoms with Crippen molar-refractivity contribution in [3.8, 4) is 0 Å². The van der Waals surface area contributed by atoms with Gasteiger partial charge in [0.05, 0.1) is 0 Å². The highest BCUT2D eigenvalue weighted by molar-refractivity contribution is 8.14. The van der Waals surface area contributed by atoms with Crippen molar-refractivity contribution < 1.29 is 4.79 Å². The lowest BCUT2D eigenvalue weighted by atomic mass is 9.78. The van der Waals surface area contributed by atoms with Crippen LogP contribution in [0.15, 0.2) is 4.99 Å². The van der Waals surface area contributed by atoms with E-state index in [0.717, 1.165) is 16.8 Å². The fourth-order valence-corrected chi connectivity index (χ4v) is 4.39. The molecule has 0 aromatic heterocycles. The zero-order valence-electron chi connectivity index (χ0n) is 13.0. The lowest BCUT2D eigenvalue weighted by Crippen LogP contribution is -2.47. The summed E-state index contributed by atoms with van der Waals surface area (Å²) in [6.45, 7) is 8.14. The van der Waals surface area contributed by atoms with Crippen LogP contribution in [0.3, 0.4) is 0 Å². The topological polar surface area (TPSA) is 53.5 Å². The summed E-state index contributed by atoms with van der Waals surface area (Å²) in [5.74, 6) is 1.89. The van der Waals surface area contributed by atoms with Crippen LogP contribution in [0.5, 0.6) is 0 Å². The van der Waals surface area contributed by atoms with E-state index in [1.807, 2.05) is 20.8 Å². The minimum atomic E-state index is -0.316. The maximum absolute atomic E-state index is 11.9. The summed E-state index contributed by atoms with van der Waals surface area (Å²) < 4.78 is 0. The Kier molecular flexibility index (Phi) is 4.99. The van der Waals surface area contributed by atoms with Gasteiger partial charge >= 0.3 is 0 Å². The summed E-state index contributed by atoms with van der Waals surface area (Å²) in [4.78, 5) is 16.5. The molecule has 1 saturated heterocycles. The first kappa shape index (κ1) is 15.7. The molecule has 1 spiro atoms. The first-order chi connectivity index (χ1) is 9.40. The average Bonchev–Trinajstić information content (AvgIpc) is 2.70. The van der Waals surface area contributed by atoms with Crippen molar-refractivity contribution in [1.82, 2.24) is 10.6 Å². The number of amides is 1. The van der Waals surface area contributed by atoms with E-state index in [-0.39, 0.29) is 23.5 Å². The quantitative estimate of drug-likeness (QED) is 0.841. The highest BCUT2D eigenvalue weighted by Crippen LogP contribution is 2.38. The fourth-order valence-electron chi connectivity index (χ4n) is 3.12. The molecule has 3 atom stereocenters. The van der Waals surface area contributed by atoms with Crippen LogP contribution >= 0.6 is 11.8 Å². The number of nitrogens with one attached hydrogen (secondary N) is 2. The van der Waals surface area contributed by atoms with Gasteiger partial charge in [0.25, 0.3) is 0 Å². The van der Waals surface area contributed by atoms with E-state index < -0.39 is 0 Å². The Morgan fingerprint density at radius 1 is 1.50 bits per heavy atom. The number of rotatable bonds is 3. The normalized spacial score (nSPS) is 33.5. The summed E-state index contributed by atoms with van der Waals surface area (Å²) in [5, 5.41) is 7.47. The van der Waals surface area contributed by atoms with Crippen molar-refractivity contribution >= 4 is 22.8 Å². The van der Waals surface area contributed by atoms with Gasteiger partial charge in [-0.2, -0.15) is 0 Å². The Hall–Kier alpha value is -0.710. The standard InChI is InChI=1S/C15H27N3OS/c1-10(2)16-13(19)12(4)17-14-18-15(9-20-14)7-5-6-11(3)8-15/h10-12H,5-9H2,1-4H3,(H,16,19)(H,17,18). The van der Waals surface area contributed by atoms with E-state index in [1.54, 1.807) is 11.8 Å². The Morgan fingerprint density at radius 2 is 2.25 bits per heavy atom. The van der Waals surface area contributed by atoms with Crippen LogP contribution in [0, 0.1) is 5.92 Å². The van der Waals surface area contributed by atoms with Gasteiger partial charge in [-0.25, -0.2) is 4.99 Å². The molecule has 1 aliphatic heterocycles. The van der Waals surface area contributed by atoms with Crippen LogP contribution in [0.2, 0.25) is 0 Å². The van der Waals surface area contributed by atoms with E-state index >= 15 is 0 Å². The van der Waals surface area contributed by atoms with E-state index in [2.05, 4.69) is 22.5 Å². The van der Waals surface area contributed by atoms with Gasteiger partial charge in [-0.1, -0.05) is 31.5 Å². The minimum absolute atomic E-state index is 0.00728. The molecule has 3 unspecified atom stereocenters. The molecular formula is C15H27N3OS. The minimum Gasteiger partial charge on any atom is -0.359 e. The molecule has 1 aliphatic carbocycles. The van der Waals surface area contributed by atoms with E-state index in [4.69, 9.17) is 0 Å². The van der Waals surface area contributed by atoms with Gasteiger partial charge in [0.2, 0.25) is 5.91 Å². The predicted octanol–water partition coefficient (Wildman–Crippen LogP) is 2.54. The van der Waals surface area contributed by atoms with Gasteiger partial charge in [-0.3, -0.25) is 4.79 Å². The second-order valence-electron chi connectivity index (χ2n) is 6.67. The summed E-state index contributed by atoms with van der Waals surface area (Å²) >= 11 is 1.77. The van der Waals surface area contributed by atoms with Crippen LogP contribution in [-0.4, -0.2) is 34.5 Å². The van der Waals surface area contributed by atoms with Crippen LogP contribution in [0.4, 0.5) is 0 Å². The van der Waals surface area contributed by atoms with E-state index in [9.17, 15) is 4.79 Å². The van der Waals surface area contributed by atoms with E-state index in [1.165, 1.54) is 25.7 Å². The molecule has 5 heteroatoms. The van der Waals surface area contributed by atoms with Gasteiger partial charge in [0.1, 0.15) is 6.04 Å². The number of nitrogens with zero attached hydrogens (tertiary/aromatic N) is 1. The molecule has 0 aromatic carbocycles. The van der Waals surface area contributed by atoms with Crippen LogP contribution < -0.4 is 10.6 Å². The molecule has 1 saturated carbocycles. The monoisotopic (exact) mass is 297 g/mol. The van der Waals surface area contributed by atoms with Crippen LogP contribution in [0.25, 0.3) is 0 Å². The number of hydrogen-bond donors (Lipinski definition) is 2. The first-order valence-electron chi connectivity index (χ1n) is 7.69. The maximum atomic E-state index is 11.9. The van der Waals surface area contributed by atoms with Crippen molar-refractivity contribution in [3.05, 3.63) is 0 Å².